The Morgan fingerprint density at radius 2 is 1.75 bits per heavy atom. The Morgan fingerprint density at radius 1 is 1.11 bits per heavy atom. The fourth-order valence-electron chi connectivity index (χ4n) is 2.71. The highest BCUT2D eigenvalue weighted by molar-refractivity contribution is 9.10. The first-order valence-corrected chi connectivity index (χ1v) is 9.59. The van der Waals surface area contributed by atoms with Crippen LogP contribution in [0.4, 0.5) is 5.69 Å². The number of hydrogen-bond acceptors (Lipinski definition) is 4. The Bertz CT molecular complexity index is 921. The second kappa shape index (κ2) is 8.49. The molecule has 9 heteroatoms. The van der Waals surface area contributed by atoms with E-state index in [0.717, 1.165) is 4.47 Å². The van der Waals surface area contributed by atoms with Crippen LogP contribution in [0, 0.1) is 0 Å². The summed E-state index contributed by atoms with van der Waals surface area (Å²) in [6.07, 6.45) is -0.158. The van der Waals surface area contributed by atoms with Crippen molar-refractivity contribution in [1.29, 1.82) is 0 Å². The smallest absolute Gasteiger partial charge is 0.269 e. The van der Waals surface area contributed by atoms with Gasteiger partial charge in [0.15, 0.2) is 5.11 Å². The van der Waals surface area contributed by atoms with E-state index in [0.29, 0.717) is 11.3 Å². The molecular weight excluding hydrogens is 444 g/mol. The number of benzene rings is 2. The molecule has 2 N–H and O–H groups in total. The fraction of sp³-hybridized carbons (Fsp3) is 0.158. The minimum absolute atomic E-state index is 0.135. The van der Waals surface area contributed by atoms with E-state index in [1.54, 1.807) is 54.6 Å². The molecule has 2 aromatic carbocycles. The van der Waals surface area contributed by atoms with Crippen LogP contribution in [0.15, 0.2) is 59.1 Å². The summed E-state index contributed by atoms with van der Waals surface area (Å²) in [4.78, 5) is 38.7. The molecule has 0 bridgehead atoms. The van der Waals surface area contributed by atoms with Crippen molar-refractivity contribution in [2.45, 2.75) is 12.5 Å². The van der Waals surface area contributed by atoms with Crippen LogP contribution < -0.4 is 10.7 Å². The van der Waals surface area contributed by atoms with Crippen LogP contribution in [-0.4, -0.2) is 45.8 Å². The minimum Gasteiger partial charge on any atom is -0.326 e. The molecule has 0 saturated carbocycles. The topological polar surface area (TPSA) is 81.8 Å². The van der Waals surface area contributed by atoms with E-state index in [1.807, 2.05) is 0 Å². The number of anilines is 1. The molecular formula is C19H17BrN4O3S. The third kappa shape index (κ3) is 4.37. The van der Waals surface area contributed by atoms with Gasteiger partial charge in [-0.05, 0) is 48.6 Å². The van der Waals surface area contributed by atoms with Crippen molar-refractivity contribution in [3.8, 4) is 0 Å². The molecule has 1 aliphatic rings. The fourth-order valence-corrected chi connectivity index (χ4v) is 3.24. The standard InChI is InChI=1S/C19H17BrN4O3S/c1-23-18(27)15(11-16(25)21-14-9-7-13(20)8-10-14)24(19(23)28)22-17(26)12-5-3-2-4-6-12/h2-10,15H,11H2,1H3,(H,21,25)(H,22,26). The molecule has 1 unspecified atom stereocenters. The number of thiocarbonyl (C=S) groups is 1. The largest absolute Gasteiger partial charge is 0.326 e. The first-order chi connectivity index (χ1) is 13.4. The number of nitrogens with zero attached hydrogens (tertiary/aromatic N) is 2. The highest BCUT2D eigenvalue weighted by atomic mass is 79.9. The lowest BCUT2D eigenvalue weighted by Crippen LogP contribution is -2.49. The summed E-state index contributed by atoms with van der Waals surface area (Å²) in [5.41, 5.74) is 3.66. The number of nitrogens with one attached hydrogen (secondary N) is 2. The molecule has 2 aromatic rings. The Hall–Kier alpha value is -2.78. The number of halogens is 1. The Morgan fingerprint density at radius 3 is 2.39 bits per heavy atom. The van der Waals surface area contributed by atoms with Crippen LogP contribution in [0.5, 0.6) is 0 Å². The Kier molecular flexibility index (Phi) is 6.05. The number of likely N-dealkylation sites (N-methyl/N-ethyl adjacent to an activating group) is 1. The minimum atomic E-state index is -0.916. The zero-order valence-electron chi connectivity index (χ0n) is 14.9. The Balaban J connectivity index is 1.72. The van der Waals surface area contributed by atoms with E-state index in [-0.39, 0.29) is 23.3 Å². The van der Waals surface area contributed by atoms with Gasteiger partial charge in [-0.25, -0.2) is 5.01 Å². The van der Waals surface area contributed by atoms with E-state index >= 15 is 0 Å². The lowest BCUT2D eigenvalue weighted by Gasteiger charge is -2.24. The van der Waals surface area contributed by atoms with Gasteiger partial charge in [-0.1, -0.05) is 34.1 Å². The zero-order chi connectivity index (χ0) is 20.3. The van der Waals surface area contributed by atoms with Crippen molar-refractivity contribution >= 4 is 56.7 Å². The highest BCUT2D eigenvalue weighted by Crippen LogP contribution is 2.19. The van der Waals surface area contributed by atoms with Gasteiger partial charge in [0.05, 0.1) is 6.42 Å². The van der Waals surface area contributed by atoms with E-state index in [2.05, 4.69) is 26.7 Å². The maximum atomic E-state index is 12.5. The molecule has 3 amide bonds. The van der Waals surface area contributed by atoms with Gasteiger partial charge in [0.1, 0.15) is 6.04 Å². The molecule has 1 heterocycles. The molecule has 0 spiro atoms. The molecule has 1 saturated heterocycles. The molecule has 0 aromatic heterocycles. The molecule has 7 nitrogen and oxygen atoms in total. The van der Waals surface area contributed by atoms with Crippen molar-refractivity contribution in [2.24, 2.45) is 0 Å². The van der Waals surface area contributed by atoms with Crippen molar-refractivity contribution in [3.05, 3.63) is 64.6 Å². The van der Waals surface area contributed by atoms with E-state index in [4.69, 9.17) is 12.2 Å². The van der Waals surface area contributed by atoms with Crippen molar-refractivity contribution in [1.82, 2.24) is 15.3 Å². The summed E-state index contributed by atoms with van der Waals surface area (Å²) in [7, 11) is 1.51. The summed E-state index contributed by atoms with van der Waals surface area (Å²) < 4.78 is 0.887. The average molecular weight is 461 g/mol. The summed E-state index contributed by atoms with van der Waals surface area (Å²) in [6.45, 7) is 0. The van der Waals surface area contributed by atoms with Gasteiger partial charge in [0.25, 0.3) is 11.8 Å². The van der Waals surface area contributed by atoms with Gasteiger partial charge in [-0.2, -0.15) is 0 Å². The molecule has 144 valence electrons. The predicted octanol–water partition coefficient (Wildman–Crippen LogP) is 2.55. The third-order valence-corrected chi connectivity index (χ3v) is 5.18. The van der Waals surface area contributed by atoms with Gasteiger partial charge >= 0.3 is 0 Å². The average Bonchev–Trinajstić information content (AvgIpc) is 2.88. The number of hydrogen-bond donors (Lipinski definition) is 2. The predicted molar refractivity (Wildman–Crippen MR) is 112 cm³/mol. The maximum Gasteiger partial charge on any atom is 0.269 e. The quantitative estimate of drug-likeness (QED) is 0.670. The number of hydrazine groups is 1. The molecule has 0 radical (unpaired) electrons. The van der Waals surface area contributed by atoms with Crippen LogP contribution in [0.1, 0.15) is 16.8 Å². The van der Waals surface area contributed by atoms with Gasteiger partial charge in [-0.15, -0.1) is 0 Å². The monoisotopic (exact) mass is 460 g/mol. The molecule has 1 aliphatic heterocycles. The van der Waals surface area contributed by atoms with Crippen LogP contribution in [0.2, 0.25) is 0 Å². The lowest BCUT2D eigenvalue weighted by molar-refractivity contribution is -0.130. The summed E-state index contributed by atoms with van der Waals surface area (Å²) in [5, 5.41) is 4.15. The summed E-state index contributed by atoms with van der Waals surface area (Å²) >= 11 is 8.59. The van der Waals surface area contributed by atoms with E-state index < -0.39 is 11.9 Å². The highest BCUT2D eigenvalue weighted by Gasteiger charge is 2.42. The van der Waals surface area contributed by atoms with Gasteiger partial charge in [0.2, 0.25) is 5.91 Å². The van der Waals surface area contributed by atoms with Crippen LogP contribution in [-0.2, 0) is 9.59 Å². The van der Waals surface area contributed by atoms with Crippen molar-refractivity contribution < 1.29 is 14.4 Å². The normalized spacial score (nSPS) is 16.3. The first-order valence-electron chi connectivity index (χ1n) is 8.39. The summed E-state index contributed by atoms with van der Waals surface area (Å²) in [5.74, 6) is -1.13. The van der Waals surface area contributed by atoms with Gasteiger partial charge in [-0.3, -0.25) is 24.7 Å². The zero-order valence-corrected chi connectivity index (χ0v) is 17.3. The van der Waals surface area contributed by atoms with E-state index in [9.17, 15) is 14.4 Å². The SMILES string of the molecule is CN1C(=O)C(CC(=O)Nc2ccc(Br)cc2)N(NC(=O)c2ccccc2)C1=S. The maximum absolute atomic E-state index is 12.5. The molecule has 3 rings (SSSR count). The Labute approximate surface area is 175 Å². The van der Waals surface area contributed by atoms with Crippen LogP contribution in [0.25, 0.3) is 0 Å². The number of carbonyl (C=O) groups is 3. The molecule has 1 atom stereocenters. The third-order valence-electron chi connectivity index (χ3n) is 4.19. The van der Waals surface area contributed by atoms with Crippen LogP contribution >= 0.6 is 28.1 Å². The lowest BCUT2D eigenvalue weighted by atomic mass is 10.2. The van der Waals surface area contributed by atoms with Crippen molar-refractivity contribution in [3.63, 3.8) is 0 Å². The van der Waals surface area contributed by atoms with Crippen molar-refractivity contribution in [2.75, 3.05) is 12.4 Å². The second-order valence-electron chi connectivity index (χ2n) is 6.13. The van der Waals surface area contributed by atoms with E-state index in [1.165, 1.54) is 17.0 Å². The number of carbonyl (C=O) groups excluding carboxylic acids is 3. The number of rotatable bonds is 5. The van der Waals surface area contributed by atoms with Crippen LogP contribution in [0.3, 0.4) is 0 Å². The molecule has 0 aliphatic carbocycles. The molecule has 28 heavy (non-hydrogen) atoms. The molecule has 1 fully saturated rings. The van der Waals surface area contributed by atoms with Gasteiger partial charge in [0, 0.05) is 22.8 Å². The van der Waals surface area contributed by atoms with Gasteiger partial charge < -0.3 is 5.32 Å². The first kappa shape index (κ1) is 20.0. The summed E-state index contributed by atoms with van der Waals surface area (Å²) in [6, 6.07) is 14.7. The second-order valence-corrected chi connectivity index (χ2v) is 7.41. The number of amides is 3.